The van der Waals surface area contributed by atoms with Crippen LogP contribution in [0.4, 0.5) is 5.69 Å². The van der Waals surface area contributed by atoms with Crippen LogP contribution in [0.5, 0.6) is 0 Å². The second-order valence-electron chi connectivity index (χ2n) is 8.25. The zero-order valence-electron chi connectivity index (χ0n) is 21.1. The van der Waals surface area contributed by atoms with Gasteiger partial charge in [-0.1, -0.05) is 30.3 Å². The second-order valence-corrected chi connectivity index (χ2v) is 8.25. The number of nitro benzene ring substituents is 1. The minimum atomic E-state index is -1.26. The average Bonchev–Trinajstić information content (AvgIpc) is 2.87. The molecule has 0 radical (unpaired) electrons. The van der Waals surface area contributed by atoms with Crippen molar-refractivity contribution in [2.75, 3.05) is 27.2 Å². The largest absolute Gasteiger partial charge is 0.478 e. The quantitative estimate of drug-likeness (QED) is 0.217. The van der Waals surface area contributed by atoms with Crippen LogP contribution in [0.2, 0.25) is 0 Å². The molecule has 198 valence electrons. The van der Waals surface area contributed by atoms with E-state index in [0.29, 0.717) is 42.1 Å². The number of nitrogens with zero attached hydrogens (tertiary/aromatic N) is 3. The highest BCUT2D eigenvalue weighted by atomic mass is 16.6. The van der Waals surface area contributed by atoms with Gasteiger partial charge in [-0.3, -0.25) is 19.9 Å². The third-order valence-electron chi connectivity index (χ3n) is 5.10. The fourth-order valence-corrected chi connectivity index (χ4v) is 3.33. The van der Waals surface area contributed by atoms with Crippen LogP contribution in [0.25, 0.3) is 22.4 Å². The van der Waals surface area contributed by atoms with Crippen molar-refractivity contribution in [2.24, 2.45) is 0 Å². The predicted octanol–water partition coefficient (Wildman–Crippen LogP) is 3.64. The fourth-order valence-electron chi connectivity index (χ4n) is 3.33. The molecule has 0 bridgehead atoms. The fraction of sp³-hybridized carbons (Fsp3) is 0.185. The van der Waals surface area contributed by atoms with Crippen molar-refractivity contribution >= 4 is 23.5 Å². The van der Waals surface area contributed by atoms with Crippen LogP contribution in [0, 0.1) is 17.0 Å². The number of rotatable bonds is 9. The van der Waals surface area contributed by atoms with Gasteiger partial charge in [-0.05, 0) is 50.3 Å². The van der Waals surface area contributed by atoms with Gasteiger partial charge in [0.2, 0.25) is 0 Å². The van der Waals surface area contributed by atoms with E-state index in [1.165, 1.54) is 12.1 Å². The molecule has 0 fully saturated rings. The topological polar surface area (TPSA) is 163 Å². The van der Waals surface area contributed by atoms with Crippen molar-refractivity contribution in [3.8, 4) is 22.4 Å². The normalized spacial score (nSPS) is 10.5. The van der Waals surface area contributed by atoms with Crippen molar-refractivity contribution in [2.45, 2.75) is 6.92 Å². The SMILES string of the molecule is Cc1nc(-c2ccccc2)cc(-c2ccc([N+](=O)[O-])cc2)c1C(=O)NCCN(C)C.O=C(O)C=CC(=O)O. The highest BCUT2D eigenvalue weighted by Gasteiger charge is 2.19. The Morgan fingerprint density at radius 2 is 1.55 bits per heavy atom. The van der Waals surface area contributed by atoms with Crippen LogP contribution < -0.4 is 5.32 Å². The van der Waals surface area contributed by atoms with Gasteiger partial charge in [0.1, 0.15) is 0 Å². The van der Waals surface area contributed by atoms with Gasteiger partial charge >= 0.3 is 11.9 Å². The van der Waals surface area contributed by atoms with E-state index in [9.17, 15) is 24.5 Å². The number of aromatic nitrogens is 1. The first kappa shape index (κ1) is 29.3. The average molecular weight is 521 g/mol. The number of hydrogen-bond acceptors (Lipinski definition) is 7. The lowest BCUT2D eigenvalue weighted by atomic mass is 9.95. The minimum Gasteiger partial charge on any atom is -0.478 e. The number of aryl methyl sites for hydroxylation is 1. The molecule has 38 heavy (non-hydrogen) atoms. The molecule has 0 aliphatic carbocycles. The van der Waals surface area contributed by atoms with E-state index >= 15 is 0 Å². The number of carbonyl (C=O) groups excluding carboxylic acids is 1. The molecule has 0 aliphatic rings. The lowest BCUT2D eigenvalue weighted by molar-refractivity contribution is -0.384. The number of non-ortho nitro benzene ring substituents is 1. The molecule has 11 heteroatoms. The van der Waals surface area contributed by atoms with Crippen LogP contribution in [-0.2, 0) is 9.59 Å². The van der Waals surface area contributed by atoms with Gasteiger partial charge in [-0.2, -0.15) is 0 Å². The van der Waals surface area contributed by atoms with Gasteiger partial charge in [0.15, 0.2) is 0 Å². The Bertz CT molecular complexity index is 1310. The van der Waals surface area contributed by atoms with Crippen LogP contribution in [0.3, 0.4) is 0 Å². The van der Waals surface area contributed by atoms with Crippen molar-refractivity contribution in [3.63, 3.8) is 0 Å². The number of nitrogens with one attached hydrogen (secondary N) is 1. The molecule has 0 spiro atoms. The molecule has 11 nitrogen and oxygen atoms in total. The molecule has 1 heterocycles. The Morgan fingerprint density at radius 1 is 0.974 bits per heavy atom. The molecule has 3 N–H and O–H groups in total. The van der Waals surface area contributed by atoms with E-state index < -0.39 is 16.9 Å². The summed E-state index contributed by atoms with van der Waals surface area (Å²) in [6.45, 7) is 3.03. The van der Waals surface area contributed by atoms with E-state index in [1.807, 2.05) is 62.3 Å². The van der Waals surface area contributed by atoms with Gasteiger partial charge < -0.3 is 20.4 Å². The molecule has 1 amide bonds. The van der Waals surface area contributed by atoms with Crippen molar-refractivity contribution in [1.82, 2.24) is 15.2 Å². The molecule has 0 saturated carbocycles. The van der Waals surface area contributed by atoms with Crippen molar-refractivity contribution < 1.29 is 29.5 Å². The Morgan fingerprint density at radius 3 is 2.05 bits per heavy atom. The van der Waals surface area contributed by atoms with Crippen molar-refractivity contribution in [3.05, 3.63) is 94.2 Å². The van der Waals surface area contributed by atoms with Crippen molar-refractivity contribution in [1.29, 1.82) is 0 Å². The molecule has 0 aliphatic heterocycles. The Labute approximate surface area is 219 Å². The van der Waals surface area contributed by atoms with E-state index in [0.717, 1.165) is 16.8 Å². The van der Waals surface area contributed by atoms with E-state index in [2.05, 4.69) is 10.3 Å². The standard InChI is InChI=1S/C23H24N4O3.C4H4O4/c1-16-22(23(28)24-13-14-26(2)3)20(17-9-11-19(12-10-17)27(29)30)15-21(25-16)18-7-5-4-6-8-18;5-3(6)1-2-4(7)8/h4-12,15H,13-14H2,1-3H3,(H,24,28);1-2H,(H,5,6)(H,7,8). The molecular formula is C27H28N4O7. The summed E-state index contributed by atoms with van der Waals surface area (Å²) in [5.41, 5.74) is 4.17. The smallest absolute Gasteiger partial charge is 0.328 e. The van der Waals surface area contributed by atoms with E-state index in [4.69, 9.17) is 10.2 Å². The summed E-state index contributed by atoms with van der Waals surface area (Å²) in [5.74, 6) is -2.73. The minimum absolute atomic E-state index is 0.00444. The molecule has 0 unspecified atom stereocenters. The van der Waals surface area contributed by atoms with Crippen LogP contribution in [0.15, 0.2) is 72.8 Å². The molecule has 1 aromatic heterocycles. The van der Waals surface area contributed by atoms with Crippen LogP contribution >= 0.6 is 0 Å². The van der Waals surface area contributed by atoms with Gasteiger partial charge in [-0.25, -0.2) is 9.59 Å². The maximum Gasteiger partial charge on any atom is 0.328 e. The number of carbonyl (C=O) groups is 3. The molecule has 3 aromatic rings. The van der Waals surface area contributed by atoms with Crippen LogP contribution in [0.1, 0.15) is 16.1 Å². The summed E-state index contributed by atoms with van der Waals surface area (Å²) in [5, 5.41) is 29.6. The molecule has 3 rings (SSSR count). The number of pyridine rings is 1. The highest BCUT2D eigenvalue weighted by molar-refractivity contribution is 6.02. The van der Waals surface area contributed by atoms with Gasteiger partial charge in [0, 0.05) is 42.9 Å². The maximum atomic E-state index is 13.0. The summed E-state index contributed by atoms with van der Waals surface area (Å²) in [6.07, 6.45) is 1.12. The number of hydrogen-bond donors (Lipinski definition) is 3. The van der Waals surface area contributed by atoms with Gasteiger partial charge in [0.05, 0.1) is 21.9 Å². The first-order valence-corrected chi connectivity index (χ1v) is 11.4. The number of likely N-dealkylation sites (N-methyl/N-ethyl adjacent to an activating group) is 1. The number of amides is 1. The number of nitro groups is 1. The third-order valence-corrected chi connectivity index (χ3v) is 5.10. The van der Waals surface area contributed by atoms with Crippen LogP contribution in [-0.4, -0.2) is 70.1 Å². The lowest BCUT2D eigenvalue weighted by Gasteiger charge is -2.16. The van der Waals surface area contributed by atoms with E-state index in [-0.39, 0.29) is 11.6 Å². The first-order chi connectivity index (χ1) is 18.0. The van der Waals surface area contributed by atoms with Gasteiger partial charge in [-0.15, -0.1) is 0 Å². The zero-order valence-corrected chi connectivity index (χ0v) is 21.1. The molecule has 2 aromatic carbocycles. The second kappa shape index (κ2) is 14.0. The Hall–Kier alpha value is -4.90. The monoisotopic (exact) mass is 520 g/mol. The predicted molar refractivity (Wildman–Crippen MR) is 142 cm³/mol. The molecule has 0 atom stereocenters. The Kier molecular flexibility index (Phi) is 10.8. The maximum absolute atomic E-state index is 13.0. The summed E-state index contributed by atoms with van der Waals surface area (Å²) in [4.78, 5) is 49.3. The lowest BCUT2D eigenvalue weighted by Crippen LogP contribution is -2.32. The number of carboxylic acids is 2. The molecular weight excluding hydrogens is 492 g/mol. The molecule has 0 saturated heterocycles. The number of benzene rings is 2. The third kappa shape index (κ3) is 8.95. The summed E-state index contributed by atoms with van der Waals surface area (Å²) in [6, 6.07) is 17.8. The summed E-state index contributed by atoms with van der Waals surface area (Å²) < 4.78 is 0. The summed E-state index contributed by atoms with van der Waals surface area (Å²) in [7, 11) is 3.88. The number of aliphatic carboxylic acids is 2. The highest BCUT2D eigenvalue weighted by Crippen LogP contribution is 2.31. The van der Waals surface area contributed by atoms with E-state index in [1.54, 1.807) is 12.1 Å². The van der Waals surface area contributed by atoms with Gasteiger partial charge in [0.25, 0.3) is 11.6 Å². The Balaban J connectivity index is 0.000000550. The summed E-state index contributed by atoms with van der Waals surface area (Å²) >= 11 is 0. The number of carboxylic acid groups (broad SMARTS) is 2. The first-order valence-electron chi connectivity index (χ1n) is 11.4. The zero-order chi connectivity index (χ0) is 28.2.